The second kappa shape index (κ2) is 6.33. The van der Waals surface area contributed by atoms with Crippen LogP contribution in [0.1, 0.15) is 39.5 Å². The van der Waals surface area contributed by atoms with Gasteiger partial charge in [0.15, 0.2) is 0 Å². The lowest BCUT2D eigenvalue weighted by Crippen LogP contribution is -2.42. The van der Waals surface area contributed by atoms with E-state index in [1.165, 1.54) is 10.6 Å². The maximum absolute atomic E-state index is 12.3. The molecule has 1 saturated heterocycles. The fraction of sp³-hybridized carbons (Fsp3) is 0.923. The van der Waals surface area contributed by atoms with Crippen LogP contribution in [0.15, 0.2) is 0 Å². The Morgan fingerprint density at radius 3 is 2.58 bits per heavy atom. The highest BCUT2D eigenvalue weighted by Gasteiger charge is 2.33. The quantitative estimate of drug-likeness (QED) is 0.791. The second-order valence-corrected chi connectivity index (χ2v) is 7.86. The van der Waals surface area contributed by atoms with Gasteiger partial charge in [-0.1, -0.05) is 13.8 Å². The molecule has 0 radical (unpaired) electrons. The van der Waals surface area contributed by atoms with Gasteiger partial charge in [-0.05, 0) is 25.2 Å². The van der Waals surface area contributed by atoms with Gasteiger partial charge in [-0.3, -0.25) is 4.79 Å². The Labute approximate surface area is 116 Å². The Morgan fingerprint density at radius 2 is 2.11 bits per heavy atom. The molecule has 0 aromatic heterocycles. The van der Waals surface area contributed by atoms with Crippen molar-refractivity contribution in [1.82, 2.24) is 4.31 Å². The van der Waals surface area contributed by atoms with Gasteiger partial charge in [0.2, 0.25) is 10.0 Å². The molecule has 1 heterocycles. The molecule has 112 valence electrons. The molecule has 0 aromatic carbocycles. The molecule has 1 rings (SSSR count). The summed E-state index contributed by atoms with van der Waals surface area (Å²) in [7, 11) is -3.14. The molecule has 5 nitrogen and oxygen atoms in total. The highest BCUT2D eigenvalue weighted by atomic mass is 32.2. The van der Waals surface area contributed by atoms with E-state index >= 15 is 0 Å². The molecule has 6 heteroatoms. The van der Waals surface area contributed by atoms with E-state index in [0.29, 0.717) is 26.1 Å². The van der Waals surface area contributed by atoms with Crippen molar-refractivity contribution in [1.29, 1.82) is 0 Å². The number of rotatable bonds is 6. The Bertz CT molecular complexity index is 416. The first-order valence-electron chi connectivity index (χ1n) is 6.91. The first-order chi connectivity index (χ1) is 8.73. The fourth-order valence-electron chi connectivity index (χ4n) is 2.46. The van der Waals surface area contributed by atoms with Crippen LogP contribution in [0.2, 0.25) is 0 Å². The SMILES string of the molecule is CCC(C)(CN)C(=O)CC1CCCN(S(C)(=O)=O)C1. The maximum Gasteiger partial charge on any atom is 0.211 e. The van der Waals surface area contributed by atoms with Gasteiger partial charge < -0.3 is 5.73 Å². The average Bonchev–Trinajstić information content (AvgIpc) is 2.37. The van der Waals surface area contributed by atoms with E-state index < -0.39 is 15.4 Å². The summed E-state index contributed by atoms with van der Waals surface area (Å²) >= 11 is 0. The Morgan fingerprint density at radius 1 is 1.47 bits per heavy atom. The number of carbonyl (C=O) groups excluding carboxylic acids is 1. The minimum absolute atomic E-state index is 0.133. The summed E-state index contributed by atoms with van der Waals surface area (Å²) in [6, 6.07) is 0. The second-order valence-electron chi connectivity index (χ2n) is 5.87. The van der Waals surface area contributed by atoms with Gasteiger partial charge in [0.05, 0.1) is 6.26 Å². The first kappa shape index (κ1) is 16.6. The number of carbonyl (C=O) groups is 1. The molecule has 0 aromatic rings. The Hall–Kier alpha value is -0.460. The lowest BCUT2D eigenvalue weighted by Gasteiger charge is -2.33. The molecule has 0 bridgehead atoms. The van der Waals surface area contributed by atoms with E-state index in [4.69, 9.17) is 5.73 Å². The Balaban J connectivity index is 2.65. The molecule has 2 unspecified atom stereocenters. The highest BCUT2D eigenvalue weighted by molar-refractivity contribution is 7.88. The van der Waals surface area contributed by atoms with E-state index in [1.807, 2.05) is 13.8 Å². The summed E-state index contributed by atoms with van der Waals surface area (Å²) in [4.78, 5) is 12.3. The molecule has 2 N–H and O–H groups in total. The topological polar surface area (TPSA) is 80.5 Å². The van der Waals surface area contributed by atoms with Gasteiger partial charge >= 0.3 is 0 Å². The van der Waals surface area contributed by atoms with Crippen LogP contribution in [0, 0.1) is 11.3 Å². The predicted molar refractivity (Wildman–Crippen MR) is 76.2 cm³/mol. The van der Waals surface area contributed by atoms with Gasteiger partial charge in [0.25, 0.3) is 0 Å². The average molecular weight is 290 g/mol. The predicted octanol–water partition coefficient (Wildman–Crippen LogP) is 0.992. The number of Topliss-reactive ketones (excluding diaryl/α,β-unsaturated/α-hetero) is 1. The van der Waals surface area contributed by atoms with Crippen molar-refractivity contribution < 1.29 is 13.2 Å². The maximum atomic E-state index is 12.3. The van der Waals surface area contributed by atoms with Gasteiger partial charge in [-0.2, -0.15) is 0 Å². The number of hydrogen-bond acceptors (Lipinski definition) is 4. The monoisotopic (exact) mass is 290 g/mol. The summed E-state index contributed by atoms with van der Waals surface area (Å²) < 4.78 is 24.6. The van der Waals surface area contributed by atoms with Crippen molar-refractivity contribution in [3.63, 3.8) is 0 Å². The number of nitrogens with two attached hydrogens (primary N) is 1. The molecule has 19 heavy (non-hydrogen) atoms. The van der Waals surface area contributed by atoms with Crippen LogP contribution < -0.4 is 5.73 Å². The van der Waals surface area contributed by atoms with Crippen LogP contribution in [-0.2, 0) is 14.8 Å². The number of sulfonamides is 1. The zero-order chi connectivity index (χ0) is 14.7. The fourth-order valence-corrected chi connectivity index (χ4v) is 3.40. The smallest absolute Gasteiger partial charge is 0.211 e. The van der Waals surface area contributed by atoms with E-state index in [1.54, 1.807) is 0 Å². The molecule has 0 saturated carbocycles. The molecule has 1 aliphatic rings. The number of piperidine rings is 1. The van der Waals surface area contributed by atoms with Crippen LogP contribution in [0.25, 0.3) is 0 Å². The van der Waals surface area contributed by atoms with Crippen molar-refractivity contribution in [2.24, 2.45) is 17.1 Å². The van der Waals surface area contributed by atoms with Crippen LogP contribution >= 0.6 is 0 Å². The van der Waals surface area contributed by atoms with Crippen molar-refractivity contribution in [3.8, 4) is 0 Å². The van der Waals surface area contributed by atoms with Gasteiger partial charge in [0, 0.05) is 31.5 Å². The molecule has 0 aliphatic carbocycles. The zero-order valence-corrected chi connectivity index (χ0v) is 13.0. The summed E-state index contributed by atoms with van der Waals surface area (Å²) in [5.41, 5.74) is 5.23. The zero-order valence-electron chi connectivity index (χ0n) is 12.2. The molecule has 1 fully saturated rings. The van der Waals surface area contributed by atoms with E-state index in [2.05, 4.69) is 0 Å². The summed E-state index contributed by atoms with van der Waals surface area (Å²) in [6.07, 6.45) is 4.14. The molecular weight excluding hydrogens is 264 g/mol. The van der Waals surface area contributed by atoms with Crippen LogP contribution in [-0.4, -0.2) is 44.4 Å². The third kappa shape index (κ3) is 4.26. The van der Waals surface area contributed by atoms with Crippen molar-refractivity contribution in [2.45, 2.75) is 39.5 Å². The number of hydrogen-bond donors (Lipinski definition) is 1. The van der Waals surface area contributed by atoms with E-state index in [0.717, 1.165) is 19.3 Å². The highest BCUT2D eigenvalue weighted by Crippen LogP contribution is 2.28. The summed E-state index contributed by atoms with van der Waals surface area (Å²) in [5.74, 6) is 0.297. The lowest BCUT2D eigenvalue weighted by molar-refractivity contribution is -0.128. The third-order valence-corrected chi connectivity index (χ3v) is 5.60. The molecule has 1 aliphatic heterocycles. The van der Waals surface area contributed by atoms with Crippen LogP contribution in [0.4, 0.5) is 0 Å². The van der Waals surface area contributed by atoms with Crippen molar-refractivity contribution in [3.05, 3.63) is 0 Å². The third-order valence-electron chi connectivity index (χ3n) is 4.33. The van der Waals surface area contributed by atoms with Crippen molar-refractivity contribution in [2.75, 3.05) is 25.9 Å². The lowest BCUT2D eigenvalue weighted by atomic mass is 9.78. The van der Waals surface area contributed by atoms with Crippen LogP contribution in [0.3, 0.4) is 0 Å². The van der Waals surface area contributed by atoms with E-state index in [9.17, 15) is 13.2 Å². The first-order valence-corrected chi connectivity index (χ1v) is 8.76. The van der Waals surface area contributed by atoms with E-state index in [-0.39, 0.29) is 11.7 Å². The summed E-state index contributed by atoms with van der Waals surface area (Å²) in [6.45, 7) is 5.26. The van der Waals surface area contributed by atoms with Crippen molar-refractivity contribution >= 4 is 15.8 Å². The number of ketones is 1. The minimum atomic E-state index is -3.14. The summed E-state index contributed by atoms with van der Waals surface area (Å²) in [5, 5.41) is 0. The Kier molecular flexibility index (Phi) is 5.53. The van der Waals surface area contributed by atoms with Gasteiger partial charge in [-0.15, -0.1) is 0 Å². The minimum Gasteiger partial charge on any atom is -0.329 e. The molecule has 2 atom stereocenters. The largest absolute Gasteiger partial charge is 0.329 e. The van der Waals surface area contributed by atoms with Gasteiger partial charge in [-0.25, -0.2) is 12.7 Å². The standard InChI is InChI=1S/C13H26N2O3S/c1-4-13(2,10-14)12(16)8-11-6-5-7-15(9-11)19(3,17)18/h11H,4-10,14H2,1-3H3. The number of nitrogens with zero attached hydrogens (tertiary/aromatic N) is 1. The van der Waals surface area contributed by atoms with Gasteiger partial charge in [0.1, 0.15) is 5.78 Å². The molecule has 0 amide bonds. The molecule has 0 spiro atoms. The molecular formula is C13H26N2O3S. The normalized spacial score (nSPS) is 24.9. The van der Waals surface area contributed by atoms with Crippen LogP contribution in [0.5, 0.6) is 0 Å².